The molecule has 0 spiro atoms. The standard InChI is InChI=1S/C11H17ClN2S/c1-8-6-14(9(2)5-13-8)7-10-3-4-15-11(10)12/h3-4,8-9,13H,5-7H2,1-2H3. The maximum absolute atomic E-state index is 6.12. The molecule has 1 fully saturated rings. The van der Waals surface area contributed by atoms with E-state index in [0.29, 0.717) is 12.1 Å². The SMILES string of the molecule is CC1CN(Cc2ccsc2Cl)C(C)CN1. The highest BCUT2D eigenvalue weighted by molar-refractivity contribution is 7.14. The van der Waals surface area contributed by atoms with Crippen molar-refractivity contribution in [3.05, 3.63) is 21.3 Å². The van der Waals surface area contributed by atoms with Gasteiger partial charge in [-0.1, -0.05) is 11.6 Å². The number of hydrogen-bond donors (Lipinski definition) is 1. The van der Waals surface area contributed by atoms with Crippen molar-refractivity contribution in [1.29, 1.82) is 0 Å². The van der Waals surface area contributed by atoms with Gasteiger partial charge >= 0.3 is 0 Å². The fourth-order valence-electron chi connectivity index (χ4n) is 1.97. The lowest BCUT2D eigenvalue weighted by Gasteiger charge is -2.37. The maximum atomic E-state index is 6.12. The Kier molecular flexibility index (Phi) is 3.67. The number of piperazine rings is 1. The second-order valence-electron chi connectivity index (χ2n) is 4.31. The zero-order valence-electron chi connectivity index (χ0n) is 9.16. The molecular formula is C11H17ClN2S. The molecule has 2 nitrogen and oxygen atoms in total. The summed E-state index contributed by atoms with van der Waals surface area (Å²) in [6, 6.07) is 3.31. The smallest absolute Gasteiger partial charge is 0.0973 e. The van der Waals surface area contributed by atoms with Gasteiger partial charge in [-0.3, -0.25) is 4.90 Å². The summed E-state index contributed by atoms with van der Waals surface area (Å²) in [7, 11) is 0. The minimum Gasteiger partial charge on any atom is -0.311 e. The van der Waals surface area contributed by atoms with Gasteiger partial charge in [0.1, 0.15) is 0 Å². The van der Waals surface area contributed by atoms with Gasteiger partial charge in [0, 0.05) is 31.7 Å². The first-order valence-electron chi connectivity index (χ1n) is 5.36. The average molecular weight is 245 g/mol. The molecule has 15 heavy (non-hydrogen) atoms. The van der Waals surface area contributed by atoms with E-state index in [2.05, 4.69) is 35.5 Å². The molecule has 1 aliphatic rings. The third kappa shape index (κ3) is 2.72. The minimum absolute atomic E-state index is 0.582. The molecule has 2 atom stereocenters. The van der Waals surface area contributed by atoms with Crippen molar-refractivity contribution in [2.75, 3.05) is 13.1 Å². The van der Waals surface area contributed by atoms with Gasteiger partial charge in [0.15, 0.2) is 0 Å². The lowest BCUT2D eigenvalue weighted by atomic mass is 10.1. The highest BCUT2D eigenvalue weighted by Gasteiger charge is 2.22. The van der Waals surface area contributed by atoms with Crippen molar-refractivity contribution in [3.8, 4) is 0 Å². The normalized spacial score (nSPS) is 28.2. The third-order valence-corrected chi connectivity index (χ3v) is 4.21. The van der Waals surface area contributed by atoms with Crippen LogP contribution in [0.1, 0.15) is 19.4 Å². The van der Waals surface area contributed by atoms with Crippen LogP contribution in [0.3, 0.4) is 0 Å². The van der Waals surface area contributed by atoms with Crippen molar-refractivity contribution < 1.29 is 0 Å². The predicted molar refractivity (Wildman–Crippen MR) is 66.7 cm³/mol. The molecule has 0 saturated carbocycles. The van der Waals surface area contributed by atoms with E-state index in [4.69, 9.17) is 11.6 Å². The van der Waals surface area contributed by atoms with Gasteiger partial charge in [-0.05, 0) is 30.9 Å². The van der Waals surface area contributed by atoms with Crippen LogP contribution in [0.2, 0.25) is 4.34 Å². The molecule has 1 aliphatic heterocycles. The highest BCUT2D eigenvalue weighted by atomic mass is 35.5. The van der Waals surface area contributed by atoms with E-state index in [-0.39, 0.29) is 0 Å². The molecule has 84 valence electrons. The van der Waals surface area contributed by atoms with Crippen molar-refractivity contribution in [2.24, 2.45) is 0 Å². The van der Waals surface area contributed by atoms with Gasteiger partial charge in [0.25, 0.3) is 0 Å². The first-order valence-corrected chi connectivity index (χ1v) is 6.62. The lowest BCUT2D eigenvalue weighted by Crippen LogP contribution is -2.53. The molecule has 1 N–H and O–H groups in total. The van der Waals surface area contributed by atoms with Crippen LogP contribution in [-0.2, 0) is 6.54 Å². The summed E-state index contributed by atoms with van der Waals surface area (Å²) in [6.07, 6.45) is 0. The second-order valence-corrected chi connectivity index (χ2v) is 5.83. The van der Waals surface area contributed by atoms with Crippen LogP contribution in [0, 0.1) is 0 Å². The monoisotopic (exact) mass is 244 g/mol. The molecule has 1 saturated heterocycles. The van der Waals surface area contributed by atoms with Crippen LogP contribution < -0.4 is 5.32 Å². The van der Waals surface area contributed by atoms with Crippen molar-refractivity contribution in [3.63, 3.8) is 0 Å². The van der Waals surface area contributed by atoms with Crippen LogP contribution in [0.25, 0.3) is 0 Å². The Labute approximate surface area is 100 Å². The molecule has 1 aromatic heterocycles. The van der Waals surface area contributed by atoms with Crippen molar-refractivity contribution >= 4 is 22.9 Å². The first kappa shape index (κ1) is 11.4. The van der Waals surface area contributed by atoms with Gasteiger partial charge in [-0.15, -0.1) is 11.3 Å². The molecule has 2 rings (SSSR count). The van der Waals surface area contributed by atoms with Crippen molar-refractivity contribution in [2.45, 2.75) is 32.5 Å². The van der Waals surface area contributed by atoms with E-state index < -0.39 is 0 Å². The Morgan fingerprint density at radius 2 is 2.40 bits per heavy atom. The summed E-state index contributed by atoms with van der Waals surface area (Å²) in [4.78, 5) is 2.50. The van der Waals surface area contributed by atoms with Crippen LogP contribution in [0.4, 0.5) is 0 Å². The zero-order valence-corrected chi connectivity index (χ0v) is 10.7. The number of nitrogens with zero attached hydrogens (tertiary/aromatic N) is 1. The Bertz CT molecular complexity index is 326. The van der Waals surface area contributed by atoms with Crippen LogP contribution >= 0.6 is 22.9 Å². The largest absolute Gasteiger partial charge is 0.311 e. The number of nitrogens with one attached hydrogen (secondary N) is 1. The number of thiophene rings is 1. The molecule has 0 aromatic carbocycles. The van der Waals surface area contributed by atoms with E-state index in [1.54, 1.807) is 11.3 Å². The van der Waals surface area contributed by atoms with Gasteiger partial charge < -0.3 is 5.32 Å². The number of rotatable bonds is 2. The van der Waals surface area contributed by atoms with E-state index in [1.165, 1.54) is 5.56 Å². The van der Waals surface area contributed by atoms with Crippen LogP contribution in [0.15, 0.2) is 11.4 Å². The quantitative estimate of drug-likeness (QED) is 0.861. The molecule has 1 aromatic rings. The van der Waals surface area contributed by atoms with Gasteiger partial charge in [0.05, 0.1) is 4.34 Å². The summed E-state index contributed by atoms with van der Waals surface area (Å²) in [5.74, 6) is 0. The van der Waals surface area contributed by atoms with E-state index in [1.807, 2.05) is 0 Å². The molecular weight excluding hydrogens is 228 g/mol. The second kappa shape index (κ2) is 4.83. The Balaban J connectivity index is 2.01. The molecule has 0 radical (unpaired) electrons. The first-order chi connectivity index (χ1) is 7.16. The molecule has 4 heteroatoms. The molecule has 0 bridgehead atoms. The fraction of sp³-hybridized carbons (Fsp3) is 0.636. The number of halogens is 1. The summed E-state index contributed by atoms with van der Waals surface area (Å²) >= 11 is 7.74. The van der Waals surface area contributed by atoms with Crippen LogP contribution in [0.5, 0.6) is 0 Å². The predicted octanol–water partition coefficient (Wildman–Crippen LogP) is 2.58. The van der Waals surface area contributed by atoms with E-state index >= 15 is 0 Å². The summed E-state index contributed by atoms with van der Waals surface area (Å²) in [6.45, 7) is 7.65. The van der Waals surface area contributed by atoms with E-state index in [0.717, 1.165) is 24.0 Å². The average Bonchev–Trinajstić information content (AvgIpc) is 2.58. The Morgan fingerprint density at radius 3 is 3.07 bits per heavy atom. The Morgan fingerprint density at radius 1 is 1.60 bits per heavy atom. The van der Waals surface area contributed by atoms with E-state index in [9.17, 15) is 0 Å². The fourth-order valence-corrected chi connectivity index (χ4v) is 2.88. The molecule has 2 unspecified atom stereocenters. The van der Waals surface area contributed by atoms with Gasteiger partial charge in [-0.25, -0.2) is 0 Å². The van der Waals surface area contributed by atoms with Crippen LogP contribution in [-0.4, -0.2) is 30.1 Å². The molecule has 0 aliphatic carbocycles. The zero-order chi connectivity index (χ0) is 10.8. The Hall–Kier alpha value is -0.0900. The van der Waals surface area contributed by atoms with Gasteiger partial charge in [0.2, 0.25) is 0 Å². The lowest BCUT2D eigenvalue weighted by molar-refractivity contribution is 0.139. The third-order valence-electron chi connectivity index (χ3n) is 2.96. The maximum Gasteiger partial charge on any atom is 0.0973 e. The minimum atomic E-state index is 0.582. The summed E-state index contributed by atoms with van der Waals surface area (Å²) in [5.41, 5.74) is 1.27. The molecule has 2 heterocycles. The highest BCUT2D eigenvalue weighted by Crippen LogP contribution is 2.25. The topological polar surface area (TPSA) is 15.3 Å². The molecule has 0 amide bonds. The van der Waals surface area contributed by atoms with Crippen molar-refractivity contribution in [1.82, 2.24) is 10.2 Å². The summed E-state index contributed by atoms with van der Waals surface area (Å²) in [5, 5.41) is 5.55. The summed E-state index contributed by atoms with van der Waals surface area (Å²) < 4.78 is 0.938. The van der Waals surface area contributed by atoms with Gasteiger partial charge in [-0.2, -0.15) is 0 Å². The number of hydrogen-bond acceptors (Lipinski definition) is 3.